The van der Waals surface area contributed by atoms with Gasteiger partial charge >= 0.3 is 5.97 Å². The second kappa shape index (κ2) is 7.85. The van der Waals surface area contributed by atoms with Crippen LogP contribution in [0.25, 0.3) is 0 Å². The van der Waals surface area contributed by atoms with Crippen molar-refractivity contribution >= 4 is 17.8 Å². The molecule has 23 heavy (non-hydrogen) atoms. The summed E-state index contributed by atoms with van der Waals surface area (Å²) >= 11 is 0. The lowest BCUT2D eigenvalue weighted by Crippen LogP contribution is -2.46. The number of nitrogens with zero attached hydrogens (tertiary/aromatic N) is 1. The molecule has 1 aliphatic heterocycles. The number of carbonyl (C=O) groups excluding carboxylic acids is 3. The van der Waals surface area contributed by atoms with E-state index < -0.39 is 28.7 Å². The van der Waals surface area contributed by atoms with Crippen LogP contribution in [-0.4, -0.2) is 55.3 Å². The minimum Gasteiger partial charge on any atom is -0.383 e. The molecule has 8 nitrogen and oxygen atoms in total. The highest BCUT2D eigenvalue weighted by Crippen LogP contribution is 2.23. The number of rotatable bonds is 9. The summed E-state index contributed by atoms with van der Waals surface area (Å²) in [5.74, 6) is -1.62. The number of nitrogens with two attached hydrogens (primary N) is 1. The number of amides is 2. The molecule has 1 fully saturated rings. The monoisotopic (exact) mass is 330 g/mol. The van der Waals surface area contributed by atoms with Crippen molar-refractivity contribution in [2.45, 2.75) is 45.6 Å². The van der Waals surface area contributed by atoms with Crippen LogP contribution in [0.4, 0.5) is 0 Å². The second-order valence-electron chi connectivity index (χ2n) is 6.97. The van der Waals surface area contributed by atoms with Crippen LogP contribution in [-0.2, 0) is 28.7 Å². The summed E-state index contributed by atoms with van der Waals surface area (Å²) in [4.78, 5) is 39.6. The number of ether oxygens (including phenoxy) is 2. The first kappa shape index (κ1) is 19.5. The van der Waals surface area contributed by atoms with Gasteiger partial charge in [-0.15, -0.1) is 5.06 Å². The van der Waals surface area contributed by atoms with E-state index in [9.17, 15) is 14.4 Å². The molecule has 2 amide bonds. The predicted molar refractivity (Wildman–Crippen MR) is 80.9 cm³/mol. The van der Waals surface area contributed by atoms with Gasteiger partial charge in [-0.25, -0.2) is 4.79 Å². The first-order chi connectivity index (χ1) is 10.6. The molecule has 1 aliphatic rings. The maximum atomic E-state index is 11.9. The van der Waals surface area contributed by atoms with Crippen molar-refractivity contribution in [3.63, 3.8) is 0 Å². The van der Waals surface area contributed by atoms with E-state index in [1.54, 1.807) is 7.11 Å². The summed E-state index contributed by atoms with van der Waals surface area (Å²) < 4.78 is 10.6. The number of hydroxylamine groups is 2. The second-order valence-corrected chi connectivity index (χ2v) is 6.97. The SMILES string of the molecule is COCC(C)(N)COCC(C)(C)CC(=O)ON1C(=O)CCC1=O. The zero-order valence-corrected chi connectivity index (χ0v) is 14.2. The molecule has 1 unspecified atom stereocenters. The van der Waals surface area contributed by atoms with Gasteiger partial charge in [0, 0.05) is 20.0 Å². The molecule has 132 valence electrons. The lowest BCUT2D eigenvalue weighted by Gasteiger charge is -2.28. The van der Waals surface area contributed by atoms with Gasteiger partial charge < -0.3 is 20.0 Å². The van der Waals surface area contributed by atoms with Crippen LogP contribution < -0.4 is 5.73 Å². The smallest absolute Gasteiger partial charge is 0.333 e. The van der Waals surface area contributed by atoms with Crippen molar-refractivity contribution < 1.29 is 28.7 Å². The van der Waals surface area contributed by atoms with E-state index in [-0.39, 0.29) is 32.5 Å². The van der Waals surface area contributed by atoms with Gasteiger partial charge in [0.05, 0.1) is 31.8 Å². The van der Waals surface area contributed by atoms with E-state index in [0.29, 0.717) is 11.7 Å². The molecule has 0 saturated carbocycles. The number of carbonyl (C=O) groups is 3. The molecular weight excluding hydrogens is 304 g/mol. The van der Waals surface area contributed by atoms with Crippen LogP contribution in [0.1, 0.15) is 40.0 Å². The zero-order chi connectivity index (χ0) is 17.7. The Morgan fingerprint density at radius 2 is 1.70 bits per heavy atom. The number of hydrogen-bond donors (Lipinski definition) is 1. The first-order valence-corrected chi connectivity index (χ1v) is 7.48. The average Bonchev–Trinajstić information content (AvgIpc) is 2.69. The Morgan fingerprint density at radius 3 is 2.22 bits per heavy atom. The lowest BCUT2D eigenvalue weighted by molar-refractivity contribution is -0.199. The molecule has 0 bridgehead atoms. The average molecular weight is 330 g/mol. The Balaban J connectivity index is 2.40. The lowest BCUT2D eigenvalue weighted by atomic mass is 9.90. The van der Waals surface area contributed by atoms with Gasteiger partial charge in [-0.1, -0.05) is 13.8 Å². The minimum atomic E-state index is -0.644. The van der Waals surface area contributed by atoms with E-state index in [4.69, 9.17) is 20.0 Å². The molecule has 1 rings (SSSR count). The molecule has 1 atom stereocenters. The van der Waals surface area contributed by atoms with Crippen LogP contribution in [0, 0.1) is 5.41 Å². The van der Waals surface area contributed by atoms with E-state index in [2.05, 4.69) is 0 Å². The highest BCUT2D eigenvalue weighted by atomic mass is 16.7. The predicted octanol–water partition coefficient (Wildman–Crippen LogP) is 0.390. The number of methoxy groups -OCH3 is 1. The van der Waals surface area contributed by atoms with Crippen LogP contribution in [0.5, 0.6) is 0 Å². The molecule has 2 N–H and O–H groups in total. The summed E-state index contributed by atoms with van der Waals surface area (Å²) in [5.41, 5.74) is 4.84. The molecule has 0 aliphatic carbocycles. The van der Waals surface area contributed by atoms with Gasteiger partial charge in [-0.2, -0.15) is 0 Å². The molecule has 0 aromatic carbocycles. The van der Waals surface area contributed by atoms with E-state index in [0.717, 1.165) is 0 Å². The van der Waals surface area contributed by atoms with Gasteiger partial charge in [0.15, 0.2) is 0 Å². The molecule has 0 aromatic heterocycles. The van der Waals surface area contributed by atoms with Gasteiger partial charge in [0.25, 0.3) is 11.8 Å². The van der Waals surface area contributed by atoms with Gasteiger partial charge in [-0.3, -0.25) is 9.59 Å². The van der Waals surface area contributed by atoms with Gasteiger partial charge in [0.2, 0.25) is 0 Å². The molecule has 1 heterocycles. The maximum Gasteiger partial charge on any atom is 0.333 e. The van der Waals surface area contributed by atoms with Crippen molar-refractivity contribution in [1.29, 1.82) is 0 Å². The molecule has 0 spiro atoms. The summed E-state index contributed by atoms with van der Waals surface area (Å²) in [5, 5.41) is 0.550. The van der Waals surface area contributed by atoms with Crippen LogP contribution in [0.3, 0.4) is 0 Å². The van der Waals surface area contributed by atoms with E-state index >= 15 is 0 Å². The third kappa shape index (κ3) is 6.64. The number of imide groups is 1. The van der Waals surface area contributed by atoms with Crippen LogP contribution >= 0.6 is 0 Å². The minimum absolute atomic E-state index is 0.00955. The third-order valence-corrected chi connectivity index (χ3v) is 3.22. The van der Waals surface area contributed by atoms with Crippen molar-refractivity contribution in [3.8, 4) is 0 Å². The van der Waals surface area contributed by atoms with Crippen molar-refractivity contribution in [1.82, 2.24) is 5.06 Å². The van der Waals surface area contributed by atoms with Crippen molar-refractivity contribution in [2.75, 3.05) is 26.9 Å². The van der Waals surface area contributed by atoms with Gasteiger partial charge in [-0.05, 0) is 12.3 Å². The topological polar surface area (TPSA) is 108 Å². The summed E-state index contributed by atoms with van der Waals surface area (Å²) in [6.45, 7) is 6.37. The number of hydrogen-bond acceptors (Lipinski definition) is 7. The van der Waals surface area contributed by atoms with Crippen LogP contribution in [0.15, 0.2) is 0 Å². The zero-order valence-electron chi connectivity index (χ0n) is 14.2. The fraction of sp³-hybridized carbons (Fsp3) is 0.800. The summed E-state index contributed by atoms with van der Waals surface area (Å²) in [6, 6.07) is 0. The Bertz CT molecular complexity index is 445. The summed E-state index contributed by atoms with van der Waals surface area (Å²) in [6.07, 6.45) is 0.163. The van der Waals surface area contributed by atoms with Crippen molar-refractivity contribution in [3.05, 3.63) is 0 Å². The Morgan fingerprint density at radius 1 is 1.13 bits per heavy atom. The molecular formula is C15H26N2O6. The Labute approximate surface area is 136 Å². The fourth-order valence-corrected chi connectivity index (χ4v) is 2.17. The van der Waals surface area contributed by atoms with E-state index in [1.807, 2.05) is 20.8 Å². The quantitative estimate of drug-likeness (QED) is 0.609. The third-order valence-electron chi connectivity index (χ3n) is 3.22. The normalized spacial score (nSPS) is 18.2. The standard InChI is InChI=1S/C15H26N2O6/c1-14(2,8-22-10-15(3,16)9-21-4)7-13(20)23-17-11(18)5-6-12(17)19/h5-10,16H2,1-4H3. The molecule has 8 heteroatoms. The molecule has 1 saturated heterocycles. The Hall–Kier alpha value is -1.51. The molecule has 0 aromatic rings. The fourth-order valence-electron chi connectivity index (χ4n) is 2.17. The Kier molecular flexibility index (Phi) is 6.67. The largest absolute Gasteiger partial charge is 0.383 e. The molecule has 0 radical (unpaired) electrons. The van der Waals surface area contributed by atoms with Crippen molar-refractivity contribution in [2.24, 2.45) is 11.1 Å². The first-order valence-electron chi connectivity index (χ1n) is 7.48. The van der Waals surface area contributed by atoms with E-state index in [1.165, 1.54) is 0 Å². The van der Waals surface area contributed by atoms with Crippen LogP contribution in [0.2, 0.25) is 0 Å². The summed E-state index contributed by atoms with van der Waals surface area (Å²) in [7, 11) is 1.56. The van der Waals surface area contributed by atoms with Gasteiger partial charge in [0.1, 0.15) is 0 Å². The highest BCUT2D eigenvalue weighted by Gasteiger charge is 2.34. The highest BCUT2D eigenvalue weighted by molar-refractivity contribution is 6.01. The maximum absolute atomic E-state index is 11.9.